The Hall–Kier alpha value is -1.86. The molecule has 1 N–H and O–H groups in total. The number of carbonyl (C=O) groups excluding carboxylic acids is 1. The van der Waals surface area contributed by atoms with Gasteiger partial charge in [-0.2, -0.15) is 0 Å². The average Bonchev–Trinajstić information content (AvgIpc) is 2.92. The van der Waals surface area contributed by atoms with Gasteiger partial charge in [0.25, 0.3) is 0 Å². The van der Waals surface area contributed by atoms with Gasteiger partial charge in [0.1, 0.15) is 5.82 Å². The van der Waals surface area contributed by atoms with Gasteiger partial charge in [0.2, 0.25) is 0 Å². The smallest absolute Gasteiger partial charge is 0.357 e. The van der Waals surface area contributed by atoms with Gasteiger partial charge >= 0.3 is 5.97 Å². The summed E-state index contributed by atoms with van der Waals surface area (Å²) in [6.07, 6.45) is 0. The number of hydrogen-bond donors (Lipinski definition) is 1. The molecular weight excluding hydrogens is 341 g/mol. The number of benzene rings is 1. The van der Waals surface area contributed by atoms with E-state index in [-0.39, 0.29) is 5.69 Å². The number of nitrogens with one attached hydrogen (secondary N) is 1. The highest BCUT2D eigenvalue weighted by atomic mass is 79.9. The standard InChI is InChI=1S/C14H11BrFN3O2/c1-21-14(20)12-10-5-17-6-11(10)18-13(19-12)7-2-8(15)4-9(16)3-7/h2-4,17H,5-6H2,1H3. The molecule has 1 aliphatic rings. The van der Waals surface area contributed by atoms with Gasteiger partial charge in [0, 0.05) is 28.7 Å². The van der Waals surface area contributed by atoms with Gasteiger partial charge in [-0.3, -0.25) is 0 Å². The van der Waals surface area contributed by atoms with Gasteiger partial charge in [-0.05, 0) is 18.2 Å². The summed E-state index contributed by atoms with van der Waals surface area (Å²) in [5.74, 6) is -0.617. The number of hydrogen-bond acceptors (Lipinski definition) is 5. The van der Waals surface area contributed by atoms with E-state index in [0.717, 1.165) is 11.3 Å². The van der Waals surface area contributed by atoms with Crippen molar-refractivity contribution in [3.63, 3.8) is 0 Å². The normalized spacial score (nSPS) is 13.1. The molecule has 3 rings (SSSR count). The fourth-order valence-electron chi connectivity index (χ4n) is 2.25. The Kier molecular flexibility index (Phi) is 3.69. The minimum atomic E-state index is -0.519. The second-order valence-corrected chi connectivity index (χ2v) is 5.49. The Morgan fingerprint density at radius 3 is 2.86 bits per heavy atom. The van der Waals surface area contributed by atoms with E-state index in [1.54, 1.807) is 6.07 Å². The molecule has 2 aromatic rings. The lowest BCUT2D eigenvalue weighted by atomic mass is 10.1. The third-order valence-corrected chi connectivity index (χ3v) is 3.64. The highest BCUT2D eigenvalue weighted by Crippen LogP contribution is 2.26. The van der Waals surface area contributed by atoms with Crippen LogP contribution < -0.4 is 5.32 Å². The molecule has 1 aliphatic heterocycles. The van der Waals surface area contributed by atoms with Gasteiger partial charge in [0.05, 0.1) is 12.8 Å². The molecule has 0 saturated heterocycles. The number of methoxy groups -OCH3 is 1. The molecule has 5 nitrogen and oxygen atoms in total. The summed E-state index contributed by atoms with van der Waals surface area (Å²) in [6, 6.07) is 4.38. The van der Waals surface area contributed by atoms with Crippen LogP contribution in [0.1, 0.15) is 21.7 Å². The summed E-state index contributed by atoms with van der Waals surface area (Å²) in [5.41, 5.74) is 2.20. The molecular formula is C14H11BrFN3O2. The lowest BCUT2D eigenvalue weighted by Gasteiger charge is -2.08. The number of aromatic nitrogens is 2. The van der Waals surface area contributed by atoms with E-state index in [0.29, 0.717) is 29.0 Å². The van der Waals surface area contributed by atoms with Crippen molar-refractivity contribution in [3.05, 3.63) is 45.4 Å². The molecule has 0 unspecified atom stereocenters. The summed E-state index contributed by atoms with van der Waals surface area (Å²) >= 11 is 3.23. The monoisotopic (exact) mass is 351 g/mol. The average molecular weight is 352 g/mol. The Morgan fingerprint density at radius 1 is 1.33 bits per heavy atom. The number of carbonyl (C=O) groups is 1. The van der Waals surface area contributed by atoms with E-state index >= 15 is 0 Å². The molecule has 0 amide bonds. The second kappa shape index (κ2) is 5.50. The molecule has 1 aromatic heterocycles. The van der Waals surface area contributed by atoms with Gasteiger partial charge in [0.15, 0.2) is 11.5 Å². The highest BCUT2D eigenvalue weighted by molar-refractivity contribution is 9.10. The predicted molar refractivity (Wildman–Crippen MR) is 77.0 cm³/mol. The Bertz CT molecular complexity index is 716. The summed E-state index contributed by atoms with van der Waals surface area (Å²) < 4.78 is 18.9. The zero-order valence-corrected chi connectivity index (χ0v) is 12.7. The van der Waals surface area contributed by atoms with Crippen LogP contribution in [0, 0.1) is 5.82 Å². The first kappa shape index (κ1) is 14.1. The molecule has 7 heteroatoms. The fraction of sp³-hybridized carbons (Fsp3) is 0.214. The van der Waals surface area contributed by atoms with E-state index in [2.05, 4.69) is 31.2 Å². The molecule has 108 valence electrons. The molecule has 0 bridgehead atoms. The van der Waals surface area contributed by atoms with Crippen molar-refractivity contribution in [2.24, 2.45) is 0 Å². The van der Waals surface area contributed by atoms with Crippen LogP contribution in [0.3, 0.4) is 0 Å². The van der Waals surface area contributed by atoms with Crippen LogP contribution in [0.5, 0.6) is 0 Å². The van der Waals surface area contributed by atoms with Crippen molar-refractivity contribution in [2.75, 3.05) is 7.11 Å². The summed E-state index contributed by atoms with van der Waals surface area (Å²) in [5, 5.41) is 3.11. The van der Waals surface area contributed by atoms with E-state index in [9.17, 15) is 9.18 Å². The van der Waals surface area contributed by atoms with Crippen LogP contribution in [0.25, 0.3) is 11.4 Å². The summed E-state index contributed by atoms with van der Waals surface area (Å²) in [6.45, 7) is 1.07. The zero-order valence-electron chi connectivity index (χ0n) is 11.1. The molecule has 0 radical (unpaired) electrons. The third-order valence-electron chi connectivity index (χ3n) is 3.19. The van der Waals surface area contributed by atoms with Crippen LogP contribution in [0.4, 0.5) is 4.39 Å². The number of fused-ring (bicyclic) bond motifs is 1. The van der Waals surface area contributed by atoms with Gasteiger partial charge < -0.3 is 10.1 Å². The maximum absolute atomic E-state index is 13.5. The number of rotatable bonds is 2. The molecule has 0 aliphatic carbocycles. The first-order valence-corrected chi connectivity index (χ1v) is 7.03. The Balaban J connectivity index is 2.17. The first-order valence-electron chi connectivity index (χ1n) is 6.24. The Labute approximate surface area is 128 Å². The SMILES string of the molecule is COC(=O)c1nc(-c2cc(F)cc(Br)c2)nc2c1CNC2. The predicted octanol–water partition coefficient (Wildman–Crippen LogP) is 2.44. The van der Waals surface area contributed by atoms with Crippen LogP contribution >= 0.6 is 15.9 Å². The summed E-state index contributed by atoms with van der Waals surface area (Å²) in [7, 11) is 1.30. The van der Waals surface area contributed by atoms with Crippen molar-refractivity contribution >= 4 is 21.9 Å². The lowest BCUT2D eigenvalue weighted by molar-refractivity contribution is 0.0592. The van der Waals surface area contributed by atoms with Crippen molar-refractivity contribution in [1.29, 1.82) is 0 Å². The quantitative estimate of drug-likeness (QED) is 0.842. The number of esters is 1. The topological polar surface area (TPSA) is 64.1 Å². The van der Waals surface area contributed by atoms with Gasteiger partial charge in [-0.15, -0.1) is 0 Å². The third kappa shape index (κ3) is 2.66. The number of ether oxygens (including phenoxy) is 1. The van der Waals surface area contributed by atoms with E-state index in [1.165, 1.54) is 19.2 Å². The van der Waals surface area contributed by atoms with Crippen LogP contribution in [0.2, 0.25) is 0 Å². The molecule has 0 saturated carbocycles. The maximum atomic E-state index is 13.5. The van der Waals surface area contributed by atoms with Crippen molar-refractivity contribution in [3.8, 4) is 11.4 Å². The fourth-order valence-corrected chi connectivity index (χ4v) is 2.71. The van der Waals surface area contributed by atoms with E-state index < -0.39 is 11.8 Å². The van der Waals surface area contributed by atoms with E-state index in [4.69, 9.17) is 4.74 Å². The first-order chi connectivity index (χ1) is 10.1. The van der Waals surface area contributed by atoms with Crippen LogP contribution in [-0.2, 0) is 17.8 Å². The second-order valence-electron chi connectivity index (χ2n) is 4.57. The highest BCUT2D eigenvalue weighted by Gasteiger charge is 2.24. The van der Waals surface area contributed by atoms with Crippen molar-refractivity contribution in [1.82, 2.24) is 15.3 Å². The van der Waals surface area contributed by atoms with Crippen LogP contribution in [-0.4, -0.2) is 23.0 Å². The maximum Gasteiger partial charge on any atom is 0.357 e. The minimum Gasteiger partial charge on any atom is -0.464 e. The molecule has 21 heavy (non-hydrogen) atoms. The molecule has 0 spiro atoms. The minimum absolute atomic E-state index is 0.225. The van der Waals surface area contributed by atoms with E-state index in [1.807, 2.05) is 0 Å². The molecule has 2 heterocycles. The molecule has 0 atom stereocenters. The van der Waals surface area contributed by atoms with Crippen LogP contribution in [0.15, 0.2) is 22.7 Å². The largest absolute Gasteiger partial charge is 0.464 e. The van der Waals surface area contributed by atoms with Gasteiger partial charge in [-0.25, -0.2) is 19.2 Å². The molecule has 0 fully saturated rings. The number of halogens is 2. The number of nitrogens with zero attached hydrogens (tertiary/aromatic N) is 2. The van der Waals surface area contributed by atoms with Crippen molar-refractivity contribution < 1.29 is 13.9 Å². The zero-order chi connectivity index (χ0) is 15.0. The molecule has 1 aromatic carbocycles. The summed E-state index contributed by atoms with van der Waals surface area (Å²) in [4.78, 5) is 20.5. The van der Waals surface area contributed by atoms with Crippen molar-refractivity contribution in [2.45, 2.75) is 13.1 Å². The van der Waals surface area contributed by atoms with Gasteiger partial charge in [-0.1, -0.05) is 15.9 Å². The lowest BCUT2D eigenvalue weighted by Crippen LogP contribution is -2.11. The Morgan fingerprint density at radius 2 is 2.14 bits per heavy atom.